The average Bonchev–Trinajstić information content (AvgIpc) is 2.51. The summed E-state index contributed by atoms with van der Waals surface area (Å²) >= 11 is 3.33. The van der Waals surface area contributed by atoms with Gasteiger partial charge in [-0.25, -0.2) is 0 Å². The van der Waals surface area contributed by atoms with Crippen molar-refractivity contribution < 1.29 is 22.7 Å². The smallest absolute Gasteiger partial charge is 0.416 e. The zero-order valence-corrected chi connectivity index (χ0v) is 14.2. The van der Waals surface area contributed by atoms with E-state index in [2.05, 4.69) is 21.2 Å². The molecule has 0 unspecified atom stereocenters. The van der Waals surface area contributed by atoms with Gasteiger partial charge in [-0.05, 0) is 48.9 Å². The number of ether oxygens (including phenoxy) is 1. The van der Waals surface area contributed by atoms with Gasteiger partial charge >= 0.3 is 6.18 Å². The van der Waals surface area contributed by atoms with E-state index in [1.807, 2.05) is 24.3 Å². The summed E-state index contributed by atoms with van der Waals surface area (Å²) in [4.78, 5) is 11.8. The van der Waals surface area contributed by atoms with Crippen LogP contribution in [-0.2, 0) is 11.0 Å². The molecule has 0 bridgehead atoms. The van der Waals surface area contributed by atoms with Crippen LogP contribution in [0.15, 0.2) is 53.0 Å². The first-order chi connectivity index (χ1) is 11.3. The van der Waals surface area contributed by atoms with Crippen molar-refractivity contribution in [2.75, 3.05) is 11.9 Å². The summed E-state index contributed by atoms with van der Waals surface area (Å²) in [7, 11) is 0. The van der Waals surface area contributed by atoms with E-state index in [9.17, 15) is 18.0 Å². The topological polar surface area (TPSA) is 38.3 Å². The second-order valence-corrected chi connectivity index (χ2v) is 5.95. The number of benzene rings is 2. The molecule has 7 heteroatoms. The van der Waals surface area contributed by atoms with Gasteiger partial charge in [0.15, 0.2) is 0 Å². The third kappa shape index (κ3) is 5.88. The molecule has 0 saturated carbocycles. The van der Waals surface area contributed by atoms with Crippen LogP contribution in [0.5, 0.6) is 5.75 Å². The molecule has 0 fully saturated rings. The minimum atomic E-state index is -4.38. The Morgan fingerprint density at radius 3 is 2.46 bits per heavy atom. The zero-order valence-electron chi connectivity index (χ0n) is 12.6. The van der Waals surface area contributed by atoms with Gasteiger partial charge in [0, 0.05) is 16.6 Å². The highest BCUT2D eigenvalue weighted by Gasteiger charge is 2.29. The summed E-state index contributed by atoms with van der Waals surface area (Å²) in [6.07, 6.45) is -3.67. The van der Waals surface area contributed by atoms with E-state index in [0.717, 1.165) is 16.6 Å². The average molecular weight is 402 g/mol. The van der Waals surface area contributed by atoms with Crippen LogP contribution in [0.4, 0.5) is 18.9 Å². The van der Waals surface area contributed by atoms with Gasteiger partial charge in [0.1, 0.15) is 5.75 Å². The van der Waals surface area contributed by atoms with Crippen LogP contribution in [0.25, 0.3) is 0 Å². The molecular formula is C17H15BrF3NO2. The highest BCUT2D eigenvalue weighted by molar-refractivity contribution is 9.10. The molecular weight excluding hydrogens is 387 g/mol. The van der Waals surface area contributed by atoms with E-state index < -0.39 is 11.7 Å². The molecule has 128 valence electrons. The normalized spacial score (nSPS) is 11.2. The quantitative estimate of drug-likeness (QED) is 0.669. The van der Waals surface area contributed by atoms with Crippen molar-refractivity contribution in [1.29, 1.82) is 0 Å². The molecule has 0 saturated heterocycles. The van der Waals surface area contributed by atoms with Crippen molar-refractivity contribution in [1.82, 2.24) is 0 Å². The molecule has 0 radical (unpaired) electrons. The number of hydrogen-bond acceptors (Lipinski definition) is 2. The number of rotatable bonds is 6. The molecule has 0 heterocycles. The van der Waals surface area contributed by atoms with E-state index in [0.29, 0.717) is 24.5 Å². The Hall–Kier alpha value is -2.02. The first-order valence-corrected chi connectivity index (χ1v) is 7.99. The van der Waals surface area contributed by atoms with Crippen molar-refractivity contribution in [2.45, 2.75) is 19.0 Å². The van der Waals surface area contributed by atoms with E-state index in [1.54, 1.807) is 0 Å². The Kier molecular flexibility index (Phi) is 6.25. The Balaban J connectivity index is 1.73. The predicted molar refractivity (Wildman–Crippen MR) is 88.9 cm³/mol. The molecule has 0 aliphatic carbocycles. The highest BCUT2D eigenvalue weighted by Crippen LogP contribution is 2.29. The highest BCUT2D eigenvalue weighted by atomic mass is 79.9. The van der Waals surface area contributed by atoms with Crippen molar-refractivity contribution in [3.63, 3.8) is 0 Å². The Morgan fingerprint density at radius 1 is 1.12 bits per heavy atom. The molecule has 0 aliphatic rings. The summed E-state index contributed by atoms with van der Waals surface area (Å²) in [6, 6.07) is 11.7. The minimum absolute atomic E-state index is 0.217. The van der Waals surface area contributed by atoms with Crippen molar-refractivity contribution in [3.8, 4) is 5.75 Å². The maximum atomic E-state index is 12.4. The zero-order chi connectivity index (χ0) is 17.6. The molecule has 2 aromatic carbocycles. The Morgan fingerprint density at radius 2 is 1.83 bits per heavy atom. The molecule has 0 aromatic heterocycles. The van der Waals surface area contributed by atoms with Crippen LogP contribution >= 0.6 is 15.9 Å². The molecule has 0 aliphatic heterocycles. The Bertz CT molecular complexity index is 687. The number of anilines is 1. The lowest BCUT2D eigenvalue weighted by Gasteiger charge is -2.09. The van der Waals surface area contributed by atoms with E-state index in [-0.39, 0.29) is 12.3 Å². The van der Waals surface area contributed by atoms with Gasteiger partial charge in [-0.1, -0.05) is 22.0 Å². The van der Waals surface area contributed by atoms with Crippen molar-refractivity contribution in [3.05, 3.63) is 58.6 Å². The number of alkyl halides is 3. The molecule has 0 spiro atoms. The number of hydrogen-bond donors (Lipinski definition) is 1. The van der Waals surface area contributed by atoms with Crippen molar-refractivity contribution >= 4 is 27.5 Å². The summed E-state index contributed by atoms with van der Waals surface area (Å²) in [5, 5.41) is 2.56. The monoisotopic (exact) mass is 401 g/mol. The second kappa shape index (κ2) is 8.19. The maximum Gasteiger partial charge on any atom is 0.416 e. The van der Waals surface area contributed by atoms with Gasteiger partial charge in [0.25, 0.3) is 0 Å². The van der Waals surface area contributed by atoms with Crippen LogP contribution in [-0.4, -0.2) is 12.5 Å². The lowest BCUT2D eigenvalue weighted by atomic mass is 10.2. The van der Waals surface area contributed by atoms with Gasteiger partial charge in [0.2, 0.25) is 5.91 Å². The number of amides is 1. The molecule has 2 aromatic rings. The minimum Gasteiger partial charge on any atom is -0.494 e. The van der Waals surface area contributed by atoms with E-state index in [1.165, 1.54) is 12.1 Å². The van der Waals surface area contributed by atoms with E-state index >= 15 is 0 Å². The molecule has 0 atom stereocenters. The fourth-order valence-electron chi connectivity index (χ4n) is 1.95. The molecule has 2 rings (SSSR count). The van der Waals surface area contributed by atoms with E-state index in [4.69, 9.17) is 4.74 Å². The van der Waals surface area contributed by atoms with Gasteiger partial charge in [-0.2, -0.15) is 13.2 Å². The van der Waals surface area contributed by atoms with Gasteiger partial charge in [0.05, 0.1) is 12.2 Å². The fourth-order valence-corrected chi connectivity index (χ4v) is 2.32. The largest absolute Gasteiger partial charge is 0.494 e. The van der Waals surface area contributed by atoms with Crippen LogP contribution in [0.2, 0.25) is 0 Å². The van der Waals surface area contributed by atoms with Crippen LogP contribution < -0.4 is 10.1 Å². The van der Waals surface area contributed by atoms with Crippen LogP contribution in [0.1, 0.15) is 18.4 Å². The second-order valence-electron chi connectivity index (χ2n) is 5.03. The summed E-state index contributed by atoms with van der Waals surface area (Å²) < 4.78 is 43.8. The summed E-state index contributed by atoms with van der Waals surface area (Å²) in [6.45, 7) is 0.372. The van der Waals surface area contributed by atoms with Crippen LogP contribution in [0, 0.1) is 0 Å². The summed E-state index contributed by atoms with van der Waals surface area (Å²) in [5.74, 6) is 0.431. The molecule has 1 amide bonds. The number of nitrogens with one attached hydrogen (secondary N) is 1. The molecule has 3 nitrogen and oxygen atoms in total. The molecule has 1 N–H and O–H groups in total. The standard InChI is InChI=1S/C17H15BrF3NO2/c18-13-3-1-4-15(11-13)24-10-2-5-16(23)22-14-8-6-12(7-9-14)17(19,20)21/h1,3-4,6-9,11H,2,5,10H2,(H,22,23). The third-order valence-corrected chi connectivity index (χ3v) is 3.60. The first kappa shape index (κ1) is 18.3. The maximum absolute atomic E-state index is 12.4. The summed E-state index contributed by atoms with van der Waals surface area (Å²) in [5.41, 5.74) is -0.413. The molecule has 24 heavy (non-hydrogen) atoms. The first-order valence-electron chi connectivity index (χ1n) is 7.20. The van der Waals surface area contributed by atoms with Gasteiger partial charge in [-0.3, -0.25) is 4.79 Å². The third-order valence-electron chi connectivity index (χ3n) is 3.11. The lowest BCUT2D eigenvalue weighted by Crippen LogP contribution is -2.13. The predicted octanol–water partition coefficient (Wildman–Crippen LogP) is 5.27. The number of halogens is 4. The number of carbonyl (C=O) groups excluding carboxylic acids is 1. The SMILES string of the molecule is O=C(CCCOc1cccc(Br)c1)Nc1ccc(C(F)(F)F)cc1. The van der Waals surface area contributed by atoms with Crippen LogP contribution in [0.3, 0.4) is 0 Å². The van der Waals surface area contributed by atoms with Gasteiger partial charge < -0.3 is 10.1 Å². The number of carbonyl (C=O) groups is 1. The fraction of sp³-hybridized carbons (Fsp3) is 0.235. The lowest BCUT2D eigenvalue weighted by molar-refractivity contribution is -0.137. The van der Waals surface area contributed by atoms with Crippen molar-refractivity contribution in [2.24, 2.45) is 0 Å². The van der Waals surface area contributed by atoms with Gasteiger partial charge in [-0.15, -0.1) is 0 Å². The Labute approximate surface area is 146 Å².